The Bertz CT molecular complexity index is 1250. The fraction of sp³-hybridized carbons (Fsp3) is 0.192. The van der Waals surface area contributed by atoms with Crippen LogP contribution in [0.4, 0.5) is 0 Å². The van der Waals surface area contributed by atoms with Crippen molar-refractivity contribution in [2.45, 2.75) is 31.1 Å². The number of carbonyl (C=O) groups excluding carboxylic acids is 1. The molecule has 3 N–H and O–H groups in total. The number of benzene rings is 2. The Balaban J connectivity index is 1.55. The molecule has 8 heteroatoms. The summed E-state index contributed by atoms with van der Waals surface area (Å²) in [6, 6.07) is 19.4. The number of rotatable bonds is 2. The van der Waals surface area contributed by atoms with Crippen molar-refractivity contribution in [1.29, 1.82) is 0 Å². The summed E-state index contributed by atoms with van der Waals surface area (Å²) in [7, 11) is 0. The Morgan fingerprint density at radius 2 is 1.85 bits per heavy atom. The van der Waals surface area contributed by atoms with E-state index in [-0.39, 0.29) is 12.5 Å². The van der Waals surface area contributed by atoms with Gasteiger partial charge in [-0.1, -0.05) is 30.3 Å². The monoisotopic (exact) mass is 471 g/mol. The van der Waals surface area contributed by atoms with Gasteiger partial charge in [-0.05, 0) is 67.3 Å². The van der Waals surface area contributed by atoms with Gasteiger partial charge in [0.25, 0.3) is 5.91 Å². The molecule has 172 valence electrons. The zero-order valence-electron chi connectivity index (χ0n) is 18.9. The molecule has 1 amide bonds. The first-order chi connectivity index (χ1) is 16.6. The molecule has 7 nitrogen and oxygen atoms in total. The normalized spacial score (nSPS) is 20.2. The first-order valence-corrected chi connectivity index (χ1v) is 11.9. The minimum absolute atomic E-state index is 0.166. The summed E-state index contributed by atoms with van der Waals surface area (Å²) >= 11 is 1.41. The van der Waals surface area contributed by atoms with E-state index in [0.717, 1.165) is 27.3 Å². The van der Waals surface area contributed by atoms with Crippen LogP contribution in [0.3, 0.4) is 0 Å². The number of ether oxygens (including phenoxy) is 1. The highest BCUT2D eigenvalue weighted by Gasteiger charge is 2.24. The number of nitrogens with one attached hydrogen (secondary N) is 3. The van der Waals surface area contributed by atoms with Crippen LogP contribution in [-0.4, -0.2) is 29.6 Å². The van der Waals surface area contributed by atoms with Crippen molar-refractivity contribution in [2.75, 3.05) is 6.54 Å². The number of aryl methyl sites for hydroxylation is 2. The number of aromatic nitrogens is 1. The predicted octanol–water partition coefficient (Wildman–Crippen LogP) is 4.12. The fourth-order valence-electron chi connectivity index (χ4n) is 4.04. The quantitative estimate of drug-likeness (QED) is 0.488. The summed E-state index contributed by atoms with van der Waals surface area (Å²) in [6.07, 6.45) is 2.69. The topological polar surface area (TPSA) is 87.6 Å². The van der Waals surface area contributed by atoms with Crippen molar-refractivity contribution < 1.29 is 9.53 Å². The molecule has 0 saturated heterocycles. The average Bonchev–Trinajstić information content (AvgIpc) is 2.85. The van der Waals surface area contributed by atoms with Crippen LogP contribution in [0, 0.1) is 13.8 Å². The molecule has 5 rings (SSSR count). The smallest absolute Gasteiger partial charge is 0.251 e. The molecule has 0 fully saturated rings. The molecule has 2 unspecified atom stereocenters. The lowest BCUT2D eigenvalue weighted by Gasteiger charge is -2.27. The van der Waals surface area contributed by atoms with E-state index in [9.17, 15) is 4.79 Å². The molecule has 2 aliphatic rings. The molecule has 0 spiro atoms. The molecule has 2 aliphatic heterocycles. The van der Waals surface area contributed by atoms with Crippen LogP contribution in [0.5, 0.6) is 0 Å². The van der Waals surface area contributed by atoms with Crippen LogP contribution >= 0.6 is 11.9 Å². The first kappa shape index (κ1) is 22.2. The molecule has 3 heterocycles. The predicted molar refractivity (Wildman–Crippen MR) is 134 cm³/mol. The lowest BCUT2D eigenvalue weighted by molar-refractivity contribution is 0.0921. The number of hydrogen-bond donors (Lipinski definition) is 3. The van der Waals surface area contributed by atoms with E-state index in [4.69, 9.17) is 9.73 Å². The highest BCUT2D eigenvalue weighted by atomic mass is 32.2. The van der Waals surface area contributed by atoms with Crippen molar-refractivity contribution in [3.05, 3.63) is 101 Å². The molecule has 0 saturated carbocycles. The van der Waals surface area contributed by atoms with Crippen LogP contribution in [-0.2, 0) is 4.74 Å². The van der Waals surface area contributed by atoms with Crippen molar-refractivity contribution in [2.24, 2.45) is 4.99 Å². The molecule has 34 heavy (non-hydrogen) atoms. The summed E-state index contributed by atoms with van der Waals surface area (Å²) in [5.74, 6) is 0.298. The average molecular weight is 472 g/mol. The van der Waals surface area contributed by atoms with E-state index in [0.29, 0.717) is 17.2 Å². The van der Waals surface area contributed by atoms with Gasteiger partial charge in [0.05, 0.1) is 12.2 Å². The lowest BCUT2D eigenvalue weighted by Crippen LogP contribution is -2.40. The summed E-state index contributed by atoms with van der Waals surface area (Å²) in [4.78, 5) is 23.0. The molecule has 0 radical (unpaired) electrons. The molecular weight excluding hydrogens is 446 g/mol. The maximum atomic E-state index is 12.8. The van der Waals surface area contributed by atoms with E-state index >= 15 is 0 Å². The van der Waals surface area contributed by atoms with Crippen molar-refractivity contribution >= 4 is 29.4 Å². The van der Waals surface area contributed by atoms with Crippen LogP contribution in [0.25, 0.3) is 5.70 Å². The lowest BCUT2D eigenvalue weighted by atomic mass is 9.99. The zero-order chi connectivity index (χ0) is 23.5. The van der Waals surface area contributed by atoms with E-state index in [1.54, 1.807) is 12.3 Å². The third kappa shape index (κ3) is 4.83. The van der Waals surface area contributed by atoms with Gasteiger partial charge >= 0.3 is 0 Å². The maximum absolute atomic E-state index is 12.8. The van der Waals surface area contributed by atoms with Crippen molar-refractivity contribution in [1.82, 2.24) is 20.3 Å². The van der Waals surface area contributed by atoms with E-state index < -0.39 is 12.4 Å². The summed E-state index contributed by atoms with van der Waals surface area (Å²) in [5.41, 5.74) is 5.65. The second-order valence-electron chi connectivity index (χ2n) is 8.16. The number of carbonyl (C=O) groups is 1. The number of pyridine rings is 1. The number of amides is 1. The van der Waals surface area contributed by atoms with E-state index in [1.165, 1.54) is 11.9 Å². The number of fused-ring (bicyclic) bond motifs is 3. The zero-order valence-corrected chi connectivity index (χ0v) is 19.7. The first-order valence-electron chi connectivity index (χ1n) is 11.1. The molecule has 0 aliphatic carbocycles. The Kier molecular flexibility index (Phi) is 6.33. The highest BCUT2D eigenvalue weighted by molar-refractivity contribution is 7.97. The second-order valence-corrected chi connectivity index (χ2v) is 9.07. The van der Waals surface area contributed by atoms with Crippen LogP contribution in [0.2, 0.25) is 0 Å². The van der Waals surface area contributed by atoms with Crippen LogP contribution in [0.1, 0.15) is 38.8 Å². The Morgan fingerprint density at radius 1 is 1.03 bits per heavy atom. The number of hydrogen-bond acceptors (Lipinski definition) is 7. The summed E-state index contributed by atoms with van der Waals surface area (Å²) < 4.78 is 9.72. The fourth-order valence-corrected chi connectivity index (χ4v) is 4.74. The number of aliphatic imine (C=N–C) groups is 1. The van der Waals surface area contributed by atoms with Gasteiger partial charge in [0.2, 0.25) is 5.90 Å². The van der Waals surface area contributed by atoms with Gasteiger partial charge in [-0.2, -0.15) is 0 Å². The SMILES string of the molecule is Cc1cccc(C)c1C1=CC2=NC(NSc3cccc(c3)C(=O)NCC(c3ccccn3)O2)N1. The van der Waals surface area contributed by atoms with Gasteiger partial charge in [-0.3, -0.25) is 9.78 Å². The van der Waals surface area contributed by atoms with Gasteiger partial charge in [-0.15, -0.1) is 0 Å². The van der Waals surface area contributed by atoms with Crippen molar-refractivity contribution in [3.63, 3.8) is 0 Å². The van der Waals surface area contributed by atoms with Gasteiger partial charge < -0.3 is 15.4 Å². The molecule has 2 aromatic carbocycles. The maximum Gasteiger partial charge on any atom is 0.251 e. The molecule has 2 atom stereocenters. The third-order valence-electron chi connectivity index (χ3n) is 5.68. The number of nitrogens with zero attached hydrogens (tertiary/aromatic N) is 2. The largest absolute Gasteiger partial charge is 0.466 e. The van der Waals surface area contributed by atoms with Crippen molar-refractivity contribution in [3.8, 4) is 0 Å². The van der Waals surface area contributed by atoms with Gasteiger partial charge in [0.15, 0.2) is 12.4 Å². The Morgan fingerprint density at radius 3 is 2.65 bits per heavy atom. The van der Waals surface area contributed by atoms with Gasteiger partial charge in [0.1, 0.15) is 0 Å². The highest BCUT2D eigenvalue weighted by Crippen LogP contribution is 2.26. The van der Waals surface area contributed by atoms with E-state index in [1.807, 2.05) is 42.5 Å². The third-order valence-corrected chi connectivity index (χ3v) is 6.51. The minimum Gasteiger partial charge on any atom is -0.466 e. The summed E-state index contributed by atoms with van der Waals surface area (Å²) in [5, 5.41) is 6.47. The molecule has 3 aromatic rings. The van der Waals surface area contributed by atoms with E-state index in [2.05, 4.69) is 52.4 Å². The summed E-state index contributed by atoms with van der Waals surface area (Å²) in [6.45, 7) is 4.44. The second kappa shape index (κ2) is 9.70. The van der Waals surface area contributed by atoms with Crippen LogP contribution in [0.15, 0.2) is 82.8 Å². The molecule has 1 aromatic heterocycles. The Labute approximate surface area is 202 Å². The van der Waals surface area contributed by atoms with Gasteiger partial charge in [0, 0.05) is 34.0 Å². The molecule has 4 bridgehead atoms. The molecular formula is C26H25N5O2S. The van der Waals surface area contributed by atoms with Gasteiger partial charge in [-0.25, -0.2) is 9.71 Å². The minimum atomic E-state index is -0.505. The Hall–Kier alpha value is -3.62. The standard InChI is InChI=1S/C26H25N5O2S/c1-16-7-5-8-17(2)24(16)21-14-23-30-26(29-21)31-34-19-10-6-9-18(13-19)25(32)28-15-22(33-23)20-11-3-4-12-27-20/h3-14,22,26,29,31H,15H2,1-2H3,(H,28,32). The van der Waals surface area contributed by atoms with Crippen LogP contribution < -0.4 is 15.4 Å².